The Labute approximate surface area is 114 Å². The van der Waals surface area contributed by atoms with E-state index >= 15 is 0 Å². The Morgan fingerprint density at radius 1 is 0.895 bits per heavy atom. The second kappa shape index (κ2) is 5.70. The fraction of sp³-hybridized carbons (Fsp3) is 0.235. The monoisotopic (exact) mass is 253 g/mol. The van der Waals surface area contributed by atoms with E-state index < -0.39 is 0 Å². The van der Waals surface area contributed by atoms with Crippen LogP contribution in [0.1, 0.15) is 26.3 Å². The fourth-order valence-corrected chi connectivity index (χ4v) is 1.64. The van der Waals surface area contributed by atoms with Gasteiger partial charge >= 0.3 is 0 Å². The zero-order valence-electron chi connectivity index (χ0n) is 11.6. The van der Waals surface area contributed by atoms with Crippen molar-refractivity contribution in [1.82, 2.24) is 0 Å². The predicted octanol–water partition coefficient (Wildman–Crippen LogP) is 4.61. The largest absolute Gasteiger partial charge is 0.488 e. The molecule has 98 valence electrons. The van der Waals surface area contributed by atoms with Crippen molar-refractivity contribution in [2.24, 2.45) is 4.99 Å². The van der Waals surface area contributed by atoms with Gasteiger partial charge in [0.1, 0.15) is 11.4 Å². The summed E-state index contributed by atoms with van der Waals surface area (Å²) in [6.45, 7) is 6.11. The van der Waals surface area contributed by atoms with Crippen LogP contribution in [0.4, 0.5) is 5.69 Å². The van der Waals surface area contributed by atoms with Crippen LogP contribution in [0.25, 0.3) is 0 Å². The lowest BCUT2D eigenvalue weighted by molar-refractivity contribution is 0.131. The third-order valence-electron chi connectivity index (χ3n) is 2.42. The molecule has 0 radical (unpaired) electrons. The fourth-order valence-electron chi connectivity index (χ4n) is 1.64. The van der Waals surface area contributed by atoms with Gasteiger partial charge in [0.05, 0.1) is 5.69 Å². The summed E-state index contributed by atoms with van der Waals surface area (Å²) in [5, 5.41) is 0. The van der Waals surface area contributed by atoms with Gasteiger partial charge in [-0.05, 0) is 50.6 Å². The first-order valence-electron chi connectivity index (χ1n) is 6.41. The SMILES string of the molecule is CC(C)(C)Oc1ccc(/N=C/c2ccccc2)cc1. The van der Waals surface area contributed by atoms with Crippen LogP contribution in [-0.2, 0) is 0 Å². The van der Waals surface area contributed by atoms with Gasteiger partial charge in [-0.3, -0.25) is 4.99 Å². The molecule has 0 heterocycles. The summed E-state index contributed by atoms with van der Waals surface area (Å²) in [4.78, 5) is 4.43. The summed E-state index contributed by atoms with van der Waals surface area (Å²) < 4.78 is 5.77. The maximum absolute atomic E-state index is 5.77. The maximum atomic E-state index is 5.77. The van der Waals surface area contributed by atoms with Crippen molar-refractivity contribution in [2.75, 3.05) is 0 Å². The number of hydrogen-bond acceptors (Lipinski definition) is 2. The Balaban J connectivity index is 2.05. The van der Waals surface area contributed by atoms with E-state index in [0.29, 0.717) is 0 Å². The Morgan fingerprint density at radius 3 is 2.11 bits per heavy atom. The quantitative estimate of drug-likeness (QED) is 0.732. The Bertz CT molecular complexity index is 536. The highest BCUT2D eigenvalue weighted by Gasteiger charge is 2.10. The first-order chi connectivity index (χ1) is 9.03. The van der Waals surface area contributed by atoms with E-state index in [0.717, 1.165) is 17.0 Å². The van der Waals surface area contributed by atoms with Crippen molar-refractivity contribution in [3.63, 3.8) is 0 Å². The molecule has 0 aliphatic heterocycles. The second-order valence-corrected chi connectivity index (χ2v) is 5.38. The highest BCUT2D eigenvalue weighted by molar-refractivity contribution is 5.81. The van der Waals surface area contributed by atoms with Gasteiger partial charge in [-0.1, -0.05) is 30.3 Å². The van der Waals surface area contributed by atoms with Crippen LogP contribution in [0.3, 0.4) is 0 Å². The Kier molecular flexibility index (Phi) is 4.00. The molecule has 0 aliphatic carbocycles. The molecule has 0 amide bonds. The van der Waals surface area contributed by atoms with Crippen LogP contribution >= 0.6 is 0 Å². The molecule has 0 N–H and O–H groups in total. The molecular formula is C17H19NO. The summed E-state index contributed by atoms with van der Waals surface area (Å²) in [6.07, 6.45) is 1.86. The highest BCUT2D eigenvalue weighted by Crippen LogP contribution is 2.21. The molecule has 0 aliphatic rings. The van der Waals surface area contributed by atoms with E-state index in [2.05, 4.69) is 4.99 Å². The molecule has 2 aromatic carbocycles. The summed E-state index contributed by atoms with van der Waals surface area (Å²) in [5.74, 6) is 0.867. The molecule has 0 aromatic heterocycles. The van der Waals surface area contributed by atoms with Crippen LogP contribution in [0.2, 0.25) is 0 Å². The van der Waals surface area contributed by atoms with Gasteiger partial charge < -0.3 is 4.74 Å². The molecule has 2 nitrogen and oxygen atoms in total. The zero-order chi connectivity index (χ0) is 13.7. The molecule has 2 aromatic rings. The van der Waals surface area contributed by atoms with Gasteiger partial charge in [0.15, 0.2) is 0 Å². The van der Waals surface area contributed by atoms with Crippen LogP contribution in [0.15, 0.2) is 59.6 Å². The molecule has 0 saturated carbocycles. The minimum absolute atomic E-state index is 0.172. The molecule has 0 saturated heterocycles. The van der Waals surface area contributed by atoms with Crippen LogP contribution < -0.4 is 4.74 Å². The van der Waals surface area contributed by atoms with Crippen molar-refractivity contribution >= 4 is 11.9 Å². The van der Waals surface area contributed by atoms with Gasteiger partial charge in [0, 0.05) is 6.21 Å². The van der Waals surface area contributed by atoms with E-state index in [9.17, 15) is 0 Å². The first kappa shape index (κ1) is 13.3. The van der Waals surface area contributed by atoms with Crippen molar-refractivity contribution < 1.29 is 4.74 Å². The van der Waals surface area contributed by atoms with E-state index in [4.69, 9.17) is 4.74 Å². The van der Waals surface area contributed by atoms with Crippen molar-refractivity contribution in [1.29, 1.82) is 0 Å². The summed E-state index contributed by atoms with van der Waals surface area (Å²) in [7, 11) is 0. The first-order valence-corrected chi connectivity index (χ1v) is 6.41. The minimum Gasteiger partial charge on any atom is -0.488 e. The van der Waals surface area contributed by atoms with Crippen LogP contribution in [-0.4, -0.2) is 11.8 Å². The van der Waals surface area contributed by atoms with Crippen molar-refractivity contribution in [3.8, 4) is 5.75 Å². The van der Waals surface area contributed by atoms with Crippen molar-refractivity contribution in [2.45, 2.75) is 26.4 Å². The molecule has 0 bridgehead atoms. The predicted molar refractivity (Wildman–Crippen MR) is 80.5 cm³/mol. The number of ether oxygens (including phenoxy) is 1. The number of benzene rings is 2. The molecule has 0 fully saturated rings. The highest BCUT2D eigenvalue weighted by atomic mass is 16.5. The topological polar surface area (TPSA) is 21.6 Å². The molecule has 0 spiro atoms. The van der Waals surface area contributed by atoms with E-state index in [1.807, 2.05) is 81.6 Å². The molecule has 2 rings (SSSR count). The molecule has 0 atom stereocenters. The maximum Gasteiger partial charge on any atom is 0.120 e. The minimum atomic E-state index is -0.172. The van der Waals surface area contributed by atoms with Crippen molar-refractivity contribution in [3.05, 3.63) is 60.2 Å². The second-order valence-electron chi connectivity index (χ2n) is 5.38. The number of aliphatic imine (C=N–C) groups is 1. The molecular weight excluding hydrogens is 234 g/mol. The average molecular weight is 253 g/mol. The summed E-state index contributed by atoms with van der Waals surface area (Å²) >= 11 is 0. The van der Waals surface area contributed by atoms with Crippen LogP contribution in [0.5, 0.6) is 5.75 Å². The molecule has 2 heteroatoms. The summed E-state index contributed by atoms with van der Waals surface area (Å²) in [6, 6.07) is 17.9. The molecule has 19 heavy (non-hydrogen) atoms. The lowest BCUT2D eigenvalue weighted by Gasteiger charge is -2.21. The zero-order valence-corrected chi connectivity index (χ0v) is 11.6. The third-order valence-corrected chi connectivity index (χ3v) is 2.42. The van der Waals surface area contributed by atoms with Gasteiger partial charge in [-0.15, -0.1) is 0 Å². The lowest BCUT2D eigenvalue weighted by atomic mass is 10.2. The van der Waals surface area contributed by atoms with Gasteiger partial charge in [0.25, 0.3) is 0 Å². The van der Waals surface area contributed by atoms with Gasteiger partial charge in [-0.25, -0.2) is 0 Å². The van der Waals surface area contributed by atoms with Gasteiger partial charge in [0.2, 0.25) is 0 Å². The standard InChI is InChI=1S/C17H19NO/c1-17(2,3)19-16-11-9-15(10-12-16)18-13-14-7-5-4-6-8-14/h4-13H,1-3H3/b18-13+. The Hall–Kier alpha value is -2.09. The summed E-state index contributed by atoms with van der Waals surface area (Å²) in [5.41, 5.74) is 1.84. The molecule has 0 unspecified atom stereocenters. The van der Waals surface area contributed by atoms with E-state index in [1.54, 1.807) is 0 Å². The third kappa shape index (κ3) is 4.59. The number of rotatable bonds is 3. The smallest absolute Gasteiger partial charge is 0.120 e. The lowest BCUT2D eigenvalue weighted by Crippen LogP contribution is -2.22. The van der Waals surface area contributed by atoms with Crippen LogP contribution in [0, 0.1) is 0 Å². The van der Waals surface area contributed by atoms with E-state index in [1.165, 1.54) is 0 Å². The van der Waals surface area contributed by atoms with E-state index in [-0.39, 0.29) is 5.60 Å². The average Bonchev–Trinajstić information content (AvgIpc) is 2.37. The van der Waals surface area contributed by atoms with Gasteiger partial charge in [-0.2, -0.15) is 0 Å². The Morgan fingerprint density at radius 2 is 1.53 bits per heavy atom. The number of hydrogen-bond donors (Lipinski definition) is 0. The normalized spacial score (nSPS) is 11.7. The number of nitrogens with zero attached hydrogens (tertiary/aromatic N) is 1.